The highest BCUT2D eigenvalue weighted by Gasteiger charge is 2.19. The van der Waals surface area contributed by atoms with Crippen molar-refractivity contribution in [1.29, 1.82) is 0 Å². The number of hydrogen-bond donors (Lipinski definition) is 3. The summed E-state index contributed by atoms with van der Waals surface area (Å²) in [5, 5.41) is 12.6. The fourth-order valence-corrected chi connectivity index (χ4v) is 1.72. The highest BCUT2D eigenvalue weighted by molar-refractivity contribution is 6.06. The van der Waals surface area contributed by atoms with E-state index in [1.165, 1.54) is 16.8 Å². The quantitative estimate of drug-likeness (QED) is 0.713. The Balaban J connectivity index is 2.27. The summed E-state index contributed by atoms with van der Waals surface area (Å²) in [7, 11) is 1.64. The first-order valence-electron chi connectivity index (χ1n) is 5.71. The molecule has 1 amide bonds. The van der Waals surface area contributed by atoms with Crippen molar-refractivity contribution in [2.45, 2.75) is 13.3 Å². The fourth-order valence-electron chi connectivity index (χ4n) is 1.72. The van der Waals surface area contributed by atoms with Crippen LogP contribution in [0.4, 0.5) is 11.5 Å². The first kappa shape index (κ1) is 12.8. The van der Waals surface area contributed by atoms with Crippen molar-refractivity contribution in [2.75, 3.05) is 11.1 Å². The van der Waals surface area contributed by atoms with Gasteiger partial charge in [0.25, 0.3) is 11.5 Å². The van der Waals surface area contributed by atoms with Crippen LogP contribution >= 0.6 is 0 Å². The van der Waals surface area contributed by atoms with Crippen LogP contribution in [0.2, 0.25) is 0 Å². The molecule has 2 rings (SSSR count). The van der Waals surface area contributed by atoms with Gasteiger partial charge >= 0.3 is 0 Å². The summed E-state index contributed by atoms with van der Waals surface area (Å²) in [4.78, 5) is 22.9. The lowest BCUT2D eigenvalue weighted by atomic mass is 10.2. The summed E-state index contributed by atoms with van der Waals surface area (Å²) < 4.78 is 1.43. The van der Waals surface area contributed by atoms with E-state index in [2.05, 4.69) is 20.6 Å². The SMILES string of the molecule is CCc1nn(C)c(C(=O)Nc2ccc(=O)[nH]n2)c1N. The largest absolute Gasteiger partial charge is 0.395 e. The van der Waals surface area contributed by atoms with Gasteiger partial charge in [-0.15, -0.1) is 0 Å². The van der Waals surface area contributed by atoms with Crippen LogP contribution in [0.3, 0.4) is 0 Å². The molecule has 0 aliphatic rings. The van der Waals surface area contributed by atoms with Crippen molar-refractivity contribution in [3.8, 4) is 0 Å². The summed E-state index contributed by atoms with van der Waals surface area (Å²) in [6.45, 7) is 1.91. The van der Waals surface area contributed by atoms with Gasteiger partial charge in [-0.05, 0) is 12.5 Å². The summed E-state index contributed by atoms with van der Waals surface area (Å²) in [5.41, 5.74) is 6.82. The number of nitrogens with one attached hydrogen (secondary N) is 2. The smallest absolute Gasteiger partial charge is 0.277 e. The van der Waals surface area contributed by atoms with Gasteiger partial charge in [0.15, 0.2) is 5.82 Å². The Morgan fingerprint density at radius 3 is 2.79 bits per heavy atom. The maximum atomic E-state index is 12.1. The van der Waals surface area contributed by atoms with Crippen molar-refractivity contribution >= 4 is 17.4 Å². The molecule has 0 spiro atoms. The molecule has 0 bridgehead atoms. The van der Waals surface area contributed by atoms with Gasteiger partial charge in [-0.25, -0.2) is 5.10 Å². The molecule has 100 valence electrons. The molecule has 0 saturated carbocycles. The average Bonchev–Trinajstić information content (AvgIpc) is 2.67. The van der Waals surface area contributed by atoms with E-state index in [9.17, 15) is 9.59 Å². The lowest BCUT2D eigenvalue weighted by Crippen LogP contribution is -2.19. The van der Waals surface area contributed by atoms with Crippen LogP contribution in [-0.4, -0.2) is 25.9 Å². The predicted molar refractivity (Wildman–Crippen MR) is 69.8 cm³/mol. The van der Waals surface area contributed by atoms with E-state index >= 15 is 0 Å². The van der Waals surface area contributed by atoms with E-state index in [1.54, 1.807) is 7.05 Å². The van der Waals surface area contributed by atoms with Gasteiger partial charge < -0.3 is 11.1 Å². The number of nitrogens with zero attached hydrogens (tertiary/aromatic N) is 3. The standard InChI is InChI=1S/C11H14N6O2/c1-3-6-9(12)10(17(2)16-6)11(19)13-7-4-5-8(18)15-14-7/h4-5H,3,12H2,1-2H3,(H,15,18)(H,13,14,19). The molecule has 2 aromatic heterocycles. The zero-order chi connectivity index (χ0) is 14.0. The number of aryl methyl sites for hydroxylation is 2. The van der Waals surface area contributed by atoms with Gasteiger partial charge in [0.2, 0.25) is 0 Å². The Morgan fingerprint density at radius 1 is 1.53 bits per heavy atom. The number of carbonyl (C=O) groups is 1. The molecule has 19 heavy (non-hydrogen) atoms. The topological polar surface area (TPSA) is 119 Å². The normalized spacial score (nSPS) is 10.4. The van der Waals surface area contributed by atoms with Crippen molar-refractivity contribution in [1.82, 2.24) is 20.0 Å². The van der Waals surface area contributed by atoms with Gasteiger partial charge in [-0.2, -0.15) is 10.2 Å². The molecule has 8 heteroatoms. The van der Waals surface area contributed by atoms with Crippen LogP contribution in [0.1, 0.15) is 23.1 Å². The lowest BCUT2D eigenvalue weighted by Gasteiger charge is -2.04. The summed E-state index contributed by atoms with van der Waals surface area (Å²) in [6.07, 6.45) is 0.643. The fraction of sp³-hybridized carbons (Fsp3) is 0.273. The Bertz CT molecular complexity index is 652. The molecule has 0 aliphatic carbocycles. The van der Waals surface area contributed by atoms with Gasteiger partial charge in [0.1, 0.15) is 5.69 Å². The molecule has 0 atom stereocenters. The zero-order valence-corrected chi connectivity index (χ0v) is 10.6. The number of aromatic nitrogens is 4. The molecule has 8 nitrogen and oxygen atoms in total. The summed E-state index contributed by atoms with van der Waals surface area (Å²) in [5.74, 6) is -0.185. The van der Waals surface area contributed by atoms with Crippen molar-refractivity contribution < 1.29 is 4.79 Å². The number of nitrogen functional groups attached to an aromatic ring is 1. The third kappa shape index (κ3) is 2.46. The molecule has 0 fully saturated rings. The summed E-state index contributed by atoms with van der Waals surface area (Å²) >= 11 is 0. The van der Waals surface area contributed by atoms with Gasteiger partial charge in [0, 0.05) is 13.1 Å². The second-order valence-corrected chi connectivity index (χ2v) is 3.95. The molecular formula is C11H14N6O2. The maximum absolute atomic E-state index is 12.1. The van der Waals surface area contributed by atoms with Crippen LogP contribution < -0.4 is 16.6 Å². The third-order valence-corrected chi connectivity index (χ3v) is 2.63. The van der Waals surface area contributed by atoms with Crippen LogP contribution in [0.5, 0.6) is 0 Å². The monoisotopic (exact) mass is 262 g/mol. The minimum Gasteiger partial charge on any atom is -0.395 e. The number of carbonyl (C=O) groups excluding carboxylic acids is 1. The molecule has 4 N–H and O–H groups in total. The number of nitrogens with two attached hydrogens (primary N) is 1. The number of amides is 1. The number of H-pyrrole nitrogens is 1. The third-order valence-electron chi connectivity index (χ3n) is 2.63. The first-order chi connectivity index (χ1) is 9.02. The van der Waals surface area contributed by atoms with E-state index in [0.717, 1.165) is 0 Å². The lowest BCUT2D eigenvalue weighted by molar-refractivity contribution is 0.101. The molecule has 0 saturated heterocycles. The molecular weight excluding hydrogens is 248 g/mol. The molecule has 2 heterocycles. The Labute approximate surface area is 108 Å². The van der Waals surface area contributed by atoms with E-state index in [4.69, 9.17) is 5.73 Å². The van der Waals surface area contributed by atoms with Crippen LogP contribution in [0.25, 0.3) is 0 Å². The first-order valence-corrected chi connectivity index (χ1v) is 5.71. The number of aromatic amines is 1. The molecule has 0 aliphatic heterocycles. The average molecular weight is 262 g/mol. The van der Waals surface area contributed by atoms with Gasteiger partial charge in [-0.1, -0.05) is 6.92 Å². The molecule has 0 unspecified atom stereocenters. The second-order valence-electron chi connectivity index (χ2n) is 3.95. The van der Waals surface area contributed by atoms with Crippen LogP contribution in [0, 0.1) is 0 Å². The Kier molecular flexibility index (Phi) is 3.32. The molecule has 0 radical (unpaired) electrons. The minimum atomic E-state index is -0.424. The molecule has 2 aromatic rings. The predicted octanol–water partition coefficient (Wildman–Crippen LogP) is -0.0997. The second kappa shape index (κ2) is 4.92. The van der Waals surface area contributed by atoms with E-state index in [0.29, 0.717) is 17.8 Å². The highest BCUT2D eigenvalue weighted by Crippen LogP contribution is 2.17. The van der Waals surface area contributed by atoms with Crippen molar-refractivity contribution in [3.05, 3.63) is 33.9 Å². The number of anilines is 2. The van der Waals surface area contributed by atoms with Crippen LogP contribution in [0.15, 0.2) is 16.9 Å². The summed E-state index contributed by atoms with van der Waals surface area (Å²) in [6, 6.07) is 2.68. The Hall–Kier alpha value is -2.64. The van der Waals surface area contributed by atoms with Crippen molar-refractivity contribution in [2.24, 2.45) is 7.05 Å². The molecule has 0 aromatic carbocycles. The van der Waals surface area contributed by atoms with Crippen molar-refractivity contribution in [3.63, 3.8) is 0 Å². The number of hydrogen-bond acceptors (Lipinski definition) is 5. The minimum absolute atomic E-state index is 0.239. The number of rotatable bonds is 3. The van der Waals surface area contributed by atoms with Gasteiger partial charge in [-0.3, -0.25) is 14.3 Å². The van der Waals surface area contributed by atoms with E-state index in [-0.39, 0.29) is 17.1 Å². The van der Waals surface area contributed by atoms with E-state index < -0.39 is 5.91 Å². The van der Waals surface area contributed by atoms with E-state index in [1.807, 2.05) is 6.92 Å². The Morgan fingerprint density at radius 2 is 2.26 bits per heavy atom. The zero-order valence-electron chi connectivity index (χ0n) is 10.6. The van der Waals surface area contributed by atoms with Gasteiger partial charge in [0.05, 0.1) is 11.4 Å². The maximum Gasteiger partial charge on any atom is 0.277 e. The highest BCUT2D eigenvalue weighted by atomic mass is 16.2. The van der Waals surface area contributed by atoms with Crippen LogP contribution in [-0.2, 0) is 13.5 Å².